The molecule has 0 atom stereocenters. The van der Waals surface area contributed by atoms with Crippen LogP contribution in [0.2, 0.25) is 5.02 Å². The number of nitrogens with one attached hydrogen (secondary N) is 2. The van der Waals surface area contributed by atoms with E-state index in [-0.39, 0.29) is 11.3 Å². The summed E-state index contributed by atoms with van der Waals surface area (Å²) in [5, 5.41) is 11.1. The number of nitrogens with zero attached hydrogens (tertiary/aromatic N) is 3. The first-order valence-corrected chi connectivity index (χ1v) is 8.12. The standard InChI is InChI=1S/C17H20ClN5O/c1-10(24)19-9-11-7-5-6-8-12(11)15-20-16-13(18)14(17(2,3)4)21-23(16)22-15/h5-8,21H,9H2,1-4H3,(H,19,24). The first-order valence-electron chi connectivity index (χ1n) is 7.75. The van der Waals surface area contributed by atoms with E-state index in [1.807, 2.05) is 24.3 Å². The van der Waals surface area contributed by atoms with Crippen LogP contribution in [0.1, 0.15) is 39.0 Å². The maximum Gasteiger partial charge on any atom is 0.217 e. The van der Waals surface area contributed by atoms with Gasteiger partial charge >= 0.3 is 0 Å². The number of H-pyrrole nitrogens is 1. The summed E-state index contributed by atoms with van der Waals surface area (Å²) in [6, 6.07) is 7.73. The van der Waals surface area contributed by atoms with Gasteiger partial charge in [0, 0.05) is 24.4 Å². The molecule has 7 heteroatoms. The molecule has 0 saturated heterocycles. The second-order valence-electron chi connectivity index (χ2n) is 6.79. The number of amides is 1. The van der Waals surface area contributed by atoms with Gasteiger partial charge in [0.25, 0.3) is 0 Å². The van der Waals surface area contributed by atoms with E-state index in [2.05, 4.69) is 41.3 Å². The van der Waals surface area contributed by atoms with Crippen molar-refractivity contribution in [2.24, 2.45) is 0 Å². The van der Waals surface area contributed by atoms with Crippen molar-refractivity contribution in [1.29, 1.82) is 0 Å². The molecule has 0 unspecified atom stereocenters. The van der Waals surface area contributed by atoms with Crippen molar-refractivity contribution in [3.05, 3.63) is 40.5 Å². The molecule has 0 aliphatic heterocycles. The Balaban J connectivity index is 2.04. The van der Waals surface area contributed by atoms with Crippen LogP contribution in [0.15, 0.2) is 24.3 Å². The van der Waals surface area contributed by atoms with Crippen LogP contribution < -0.4 is 5.32 Å². The minimum absolute atomic E-state index is 0.0763. The minimum Gasteiger partial charge on any atom is -0.352 e. The fourth-order valence-electron chi connectivity index (χ4n) is 2.52. The van der Waals surface area contributed by atoms with Crippen LogP contribution in [0.4, 0.5) is 0 Å². The SMILES string of the molecule is CC(=O)NCc1ccccc1-c1nc2c(Cl)c(C(C)(C)C)[nH]n2n1. The fourth-order valence-corrected chi connectivity index (χ4v) is 2.97. The van der Waals surface area contributed by atoms with Crippen molar-refractivity contribution in [2.75, 3.05) is 0 Å². The van der Waals surface area contributed by atoms with Crippen LogP contribution in [-0.4, -0.2) is 25.7 Å². The number of carbonyl (C=O) groups excluding carboxylic acids is 1. The van der Waals surface area contributed by atoms with Crippen molar-refractivity contribution >= 4 is 23.2 Å². The predicted octanol–water partition coefficient (Wildman–Crippen LogP) is 3.31. The van der Waals surface area contributed by atoms with E-state index in [0.29, 0.717) is 23.0 Å². The Kier molecular flexibility index (Phi) is 4.09. The van der Waals surface area contributed by atoms with E-state index in [4.69, 9.17) is 11.6 Å². The molecule has 0 fully saturated rings. The van der Waals surface area contributed by atoms with Crippen molar-refractivity contribution in [3.8, 4) is 11.4 Å². The van der Waals surface area contributed by atoms with Gasteiger partial charge in [-0.1, -0.05) is 56.6 Å². The number of benzene rings is 1. The number of hydrogen-bond acceptors (Lipinski definition) is 3. The lowest BCUT2D eigenvalue weighted by molar-refractivity contribution is -0.119. The molecular formula is C17H20ClN5O. The Bertz CT molecular complexity index is 903. The van der Waals surface area contributed by atoms with Gasteiger partial charge in [-0.2, -0.15) is 4.63 Å². The zero-order valence-electron chi connectivity index (χ0n) is 14.1. The quantitative estimate of drug-likeness (QED) is 0.764. The molecular weight excluding hydrogens is 326 g/mol. The van der Waals surface area contributed by atoms with E-state index < -0.39 is 0 Å². The van der Waals surface area contributed by atoms with Crippen LogP contribution in [0.5, 0.6) is 0 Å². The monoisotopic (exact) mass is 345 g/mol. The summed E-state index contributed by atoms with van der Waals surface area (Å²) in [5.74, 6) is 0.497. The summed E-state index contributed by atoms with van der Waals surface area (Å²) >= 11 is 6.47. The van der Waals surface area contributed by atoms with Gasteiger partial charge in [0.15, 0.2) is 11.5 Å². The molecule has 2 heterocycles. The molecule has 0 aliphatic rings. The highest BCUT2D eigenvalue weighted by Gasteiger charge is 2.24. The van der Waals surface area contributed by atoms with E-state index in [9.17, 15) is 4.79 Å². The normalized spacial score (nSPS) is 11.9. The van der Waals surface area contributed by atoms with Crippen LogP contribution in [0.25, 0.3) is 17.0 Å². The Morgan fingerprint density at radius 1 is 1.33 bits per heavy atom. The van der Waals surface area contributed by atoms with Gasteiger partial charge in [0.2, 0.25) is 5.91 Å². The van der Waals surface area contributed by atoms with Gasteiger partial charge in [-0.25, -0.2) is 4.98 Å². The number of aromatic nitrogens is 4. The lowest BCUT2D eigenvalue weighted by Gasteiger charge is -2.16. The number of rotatable bonds is 3. The maximum atomic E-state index is 11.2. The van der Waals surface area contributed by atoms with E-state index in [1.54, 1.807) is 4.63 Å². The third-order valence-corrected chi connectivity index (χ3v) is 4.13. The second kappa shape index (κ2) is 5.94. The Labute approximate surface area is 145 Å². The van der Waals surface area contributed by atoms with Crippen molar-refractivity contribution in [3.63, 3.8) is 0 Å². The van der Waals surface area contributed by atoms with E-state index >= 15 is 0 Å². The van der Waals surface area contributed by atoms with Crippen LogP contribution in [0.3, 0.4) is 0 Å². The molecule has 126 valence electrons. The van der Waals surface area contributed by atoms with Gasteiger partial charge in [0.05, 0.1) is 5.69 Å². The molecule has 3 aromatic rings. The Morgan fingerprint density at radius 2 is 2.04 bits per heavy atom. The molecule has 6 nitrogen and oxygen atoms in total. The highest BCUT2D eigenvalue weighted by molar-refractivity contribution is 6.34. The number of carbonyl (C=O) groups is 1. The molecule has 1 aromatic carbocycles. The Morgan fingerprint density at radius 3 is 2.67 bits per heavy atom. The first kappa shape index (κ1) is 16.5. The molecule has 24 heavy (non-hydrogen) atoms. The summed E-state index contributed by atoms with van der Waals surface area (Å²) in [6.45, 7) is 8.16. The zero-order valence-corrected chi connectivity index (χ0v) is 14.9. The molecule has 0 bridgehead atoms. The van der Waals surface area contributed by atoms with Gasteiger partial charge in [0.1, 0.15) is 5.02 Å². The summed E-state index contributed by atoms with van der Waals surface area (Å²) in [6.07, 6.45) is 0. The molecule has 0 spiro atoms. The number of fused-ring (bicyclic) bond motifs is 1. The summed E-state index contributed by atoms with van der Waals surface area (Å²) in [5.41, 5.74) is 3.20. The summed E-state index contributed by atoms with van der Waals surface area (Å²) in [4.78, 5) is 15.8. The lowest BCUT2D eigenvalue weighted by Crippen LogP contribution is -2.19. The number of halogens is 1. The highest BCUT2D eigenvalue weighted by Crippen LogP contribution is 2.32. The zero-order chi connectivity index (χ0) is 17.5. The van der Waals surface area contributed by atoms with Crippen molar-refractivity contribution < 1.29 is 4.79 Å². The second-order valence-corrected chi connectivity index (χ2v) is 7.17. The van der Waals surface area contributed by atoms with Crippen LogP contribution in [-0.2, 0) is 16.8 Å². The Hall–Kier alpha value is -2.34. The number of aromatic amines is 1. The summed E-state index contributed by atoms with van der Waals surface area (Å²) < 4.78 is 1.60. The molecule has 2 N–H and O–H groups in total. The average Bonchev–Trinajstić information content (AvgIpc) is 3.05. The highest BCUT2D eigenvalue weighted by atomic mass is 35.5. The smallest absolute Gasteiger partial charge is 0.217 e. The topological polar surface area (TPSA) is 75.1 Å². The van der Waals surface area contributed by atoms with Gasteiger partial charge in [-0.05, 0) is 5.56 Å². The van der Waals surface area contributed by atoms with E-state index in [1.165, 1.54) is 6.92 Å². The minimum atomic E-state index is -0.122. The van der Waals surface area contributed by atoms with Crippen molar-refractivity contribution in [1.82, 2.24) is 25.1 Å². The van der Waals surface area contributed by atoms with Gasteiger partial charge < -0.3 is 5.32 Å². The molecule has 0 aliphatic carbocycles. The van der Waals surface area contributed by atoms with Crippen molar-refractivity contribution in [2.45, 2.75) is 39.7 Å². The molecule has 3 rings (SSSR count). The number of hydrogen-bond donors (Lipinski definition) is 2. The molecule has 1 amide bonds. The third kappa shape index (κ3) is 3.01. The fraction of sp³-hybridized carbons (Fsp3) is 0.353. The van der Waals surface area contributed by atoms with Crippen LogP contribution in [0, 0.1) is 0 Å². The maximum absolute atomic E-state index is 11.2. The van der Waals surface area contributed by atoms with E-state index in [0.717, 1.165) is 16.8 Å². The van der Waals surface area contributed by atoms with Crippen LogP contribution >= 0.6 is 11.6 Å². The summed E-state index contributed by atoms with van der Waals surface area (Å²) in [7, 11) is 0. The third-order valence-electron chi connectivity index (χ3n) is 3.78. The average molecular weight is 346 g/mol. The van der Waals surface area contributed by atoms with Gasteiger partial charge in [-0.15, -0.1) is 5.10 Å². The molecule has 0 radical (unpaired) electrons. The first-order chi connectivity index (χ1) is 11.3. The largest absolute Gasteiger partial charge is 0.352 e. The molecule has 0 saturated carbocycles. The predicted molar refractivity (Wildman–Crippen MR) is 94.0 cm³/mol. The molecule has 2 aromatic heterocycles. The lowest BCUT2D eigenvalue weighted by atomic mass is 9.92. The van der Waals surface area contributed by atoms with Gasteiger partial charge in [-0.3, -0.25) is 9.89 Å².